The van der Waals surface area contributed by atoms with E-state index < -0.39 is 0 Å². The van der Waals surface area contributed by atoms with E-state index in [1.165, 1.54) is 17.2 Å². The minimum absolute atomic E-state index is 0. The average Bonchev–Trinajstić information content (AvgIpc) is 2.80. The lowest BCUT2D eigenvalue weighted by Crippen LogP contribution is -2.33. The molecule has 190 valence electrons. The van der Waals surface area contributed by atoms with E-state index >= 15 is 0 Å². The van der Waals surface area contributed by atoms with Crippen molar-refractivity contribution in [3.8, 4) is 0 Å². The first kappa shape index (κ1) is 29.0. The maximum Gasteiger partial charge on any atom is 0.286 e. The first-order valence-corrected chi connectivity index (χ1v) is 12.7. The SMILES string of the molecule is Cc1ccc2c(c1)CCCN2C(=O)SCC(=O)Nc1ccc(C(=O)NCCCN(C)C)cc1Cl.Cl. The summed E-state index contributed by atoms with van der Waals surface area (Å²) in [5.41, 5.74) is 4.09. The first-order chi connectivity index (χ1) is 16.2. The summed E-state index contributed by atoms with van der Waals surface area (Å²) in [5.74, 6) is -0.569. The number of aryl methyl sites for hydroxylation is 2. The molecular weight excluding hydrogens is 507 g/mol. The third kappa shape index (κ3) is 8.42. The number of fused-ring (bicyclic) bond motifs is 1. The quantitative estimate of drug-likeness (QED) is 0.462. The van der Waals surface area contributed by atoms with Gasteiger partial charge in [0.25, 0.3) is 11.1 Å². The summed E-state index contributed by atoms with van der Waals surface area (Å²) in [7, 11) is 3.97. The zero-order chi connectivity index (χ0) is 24.7. The third-order valence-corrected chi connectivity index (χ3v) is 6.66. The molecule has 7 nitrogen and oxygen atoms in total. The van der Waals surface area contributed by atoms with E-state index in [9.17, 15) is 14.4 Å². The highest BCUT2D eigenvalue weighted by Crippen LogP contribution is 2.30. The second kappa shape index (κ2) is 13.7. The predicted octanol–water partition coefficient (Wildman–Crippen LogP) is 5.00. The zero-order valence-corrected chi connectivity index (χ0v) is 22.6. The normalized spacial score (nSPS) is 12.5. The summed E-state index contributed by atoms with van der Waals surface area (Å²) in [4.78, 5) is 41.3. The number of amides is 3. The van der Waals surface area contributed by atoms with Gasteiger partial charge in [-0.3, -0.25) is 14.4 Å². The van der Waals surface area contributed by atoms with E-state index in [1.54, 1.807) is 17.0 Å². The molecule has 3 amide bonds. The molecule has 0 fully saturated rings. The number of hydrogen-bond acceptors (Lipinski definition) is 5. The Hall–Kier alpha value is -2.26. The summed E-state index contributed by atoms with van der Waals surface area (Å²) in [5, 5.41) is 5.71. The molecule has 2 aromatic rings. The molecule has 1 heterocycles. The van der Waals surface area contributed by atoms with Gasteiger partial charge in [0.1, 0.15) is 0 Å². The van der Waals surface area contributed by atoms with Crippen molar-refractivity contribution in [2.45, 2.75) is 26.2 Å². The molecule has 3 rings (SSSR count). The smallest absolute Gasteiger partial charge is 0.286 e. The highest BCUT2D eigenvalue weighted by Gasteiger charge is 2.23. The van der Waals surface area contributed by atoms with Gasteiger partial charge in [0.15, 0.2) is 0 Å². The van der Waals surface area contributed by atoms with Crippen LogP contribution in [-0.4, -0.2) is 61.4 Å². The number of halogens is 2. The van der Waals surface area contributed by atoms with Crippen LogP contribution in [0.1, 0.15) is 34.3 Å². The van der Waals surface area contributed by atoms with E-state index in [-0.39, 0.29) is 40.2 Å². The summed E-state index contributed by atoms with van der Waals surface area (Å²) >= 11 is 7.26. The average molecular weight is 540 g/mol. The fraction of sp³-hybridized carbons (Fsp3) is 0.400. The van der Waals surface area contributed by atoms with Gasteiger partial charge < -0.3 is 20.4 Å². The molecule has 0 aromatic heterocycles. The van der Waals surface area contributed by atoms with Crippen LogP contribution < -0.4 is 15.5 Å². The second-order valence-corrected chi connectivity index (χ2v) is 9.93. The molecular formula is C25H32Cl2N4O3S. The summed E-state index contributed by atoms with van der Waals surface area (Å²) < 4.78 is 0. The fourth-order valence-corrected chi connectivity index (χ4v) is 4.66. The van der Waals surface area contributed by atoms with Gasteiger partial charge in [0.2, 0.25) is 5.91 Å². The highest BCUT2D eigenvalue weighted by atomic mass is 35.5. The minimum Gasteiger partial charge on any atom is -0.352 e. The van der Waals surface area contributed by atoms with Gasteiger partial charge in [-0.1, -0.05) is 41.1 Å². The van der Waals surface area contributed by atoms with Crippen molar-refractivity contribution in [3.63, 3.8) is 0 Å². The number of carbonyl (C=O) groups excluding carboxylic acids is 3. The number of nitrogens with one attached hydrogen (secondary N) is 2. The zero-order valence-electron chi connectivity index (χ0n) is 20.2. The van der Waals surface area contributed by atoms with Gasteiger partial charge in [0, 0.05) is 24.3 Å². The number of anilines is 2. The van der Waals surface area contributed by atoms with Crippen LogP contribution in [0.3, 0.4) is 0 Å². The minimum atomic E-state index is -0.331. The predicted molar refractivity (Wildman–Crippen MR) is 148 cm³/mol. The third-order valence-electron chi connectivity index (χ3n) is 5.47. The van der Waals surface area contributed by atoms with E-state index in [4.69, 9.17) is 11.6 Å². The number of nitrogens with zero attached hydrogens (tertiary/aromatic N) is 2. The standard InChI is InChI=1S/C25H31ClN4O3S.ClH/c1-17-7-10-22-18(14-17)6-4-13-30(22)25(33)34-16-23(31)28-21-9-8-19(15-20(21)26)24(32)27-11-5-12-29(2)3;/h7-10,14-15H,4-6,11-13,16H2,1-3H3,(H,27,32)(H,28,31);1H. The number of carbonyl (C=O) groups is 3. The lowest BCUT2D eigenvalue weighted by Gasteiger charge is -2.29. The Labute approximate surface area is 222 Å². The van der Waals surface area contributed by atoms with Gasteiger partial charge in [-0.2, -0.15) is 0 Å². The molecule has 35 heavy (non-hydrogen) atoms. The topological polar surface area (TPSA) is 81.8 Å². The molecule has 0 spiro atoms. The molecule has 0 atom stereocenters. The van der Waals surface area contributed by atoms with Crippen molar-refractivity contribution in [2.24, 2.45) is 0 Å². The number of rotatable bonds is 8. The van der Waals surface area contributed by atoms with Crippen LogP contribution in [0.15, 0.2) is 36.4 Å². The molecule has 1 aliphatic heterocycles. The van der Waals surface area contributed by atoms with Crippen LogP contribution in [0.4, 0.5) is 16.2 Å². The van der Waals surface area contributed by atoms with E-state index in [2.05, 4.69) is 21.6 Å². The molecule has 10 heteroatoms. The summed E-state index contributed by atoms with van der Waals surface area (Å²) in [6.45, 7) is 4.14. The lowest BCUT2D eigenvalue weighted by atomic mass is 10.0. The Morgan fingerprint density at radius 1 is 1.14 bits per heavy atom. The van der Waals surface area contributed by atoms with Crippen molar-refractivity contribution in [2.75, 3.05) is 49.7 Å². The molecule has 0 aliphatic carbocycles. The van der Waals surface area contributed by atoms with Crippen LogP contribution in [0.2, 0.25) is 5.02 Å². The van der Waals surface area contributed by atoms with Gasteiger partial charge >= 0.3 is 0 Å². The van der Waals surface area contributed by atoms with Gasteiger partial charge in [-0.15, -0.1) is 12.4 Å². The van der Waals surface area contributed by atoms with Crippen LogP contribution in [0.25, 0.3) is 0 Å². The Morgan fingerprint density at radius 3 is 2.63 bits per heavy atom. The van der Waals surface area contributed by atoms with Crippen molar-refractivity contribution >= 4 is 64.2 Å². The van der Waals surface area contributed by atoms with Crippen molar-refractivity contribution in [3.05, 3.63) is 58.1 Å². The molecule has 0 bridgehead atoms. The Bertz CT molecular complexity index is 1070. The largest absolute Gasteiger partial charge is 0.352 e. The molecule has 0 unspecified atom stereocenters. The molecule has 0 saturated heterocycles. The van der Waals surface area contributed by atoms with Crippen LogP contribution in [-0.2, 0) is 11.2 Å². The van der Waals surface area contributed by atoms with E-state index in [1.807, 2.05) is 33.2 Å². The maximum absolute atomic E-state index is 12.8. The lowest BCUT2D eigenvalue weighted by molar-refractivity contribution is -0.113. The molecule has 0 radical (unpaired) electrons. The van der Waals surface area contributed by atoms with Crippen LogP contribution >= 0.6 is 35.8 Å². The van der Waals surface area contributed by atoms with Crippen LogP contribution in [0.5, 0.6) is 0 Å². The van der Waals surface area contributed by atoms with Crippen molar-refractivity contribution < 1.29 is 14.4 Å². The Balaban J connectivity index is 0.00000432. The maximum atomic E-state index is 12.8. The first-order valence-electron chi connectivity index (χ1n) is 11.3. The van der Waals surface area contributed by atoms with E-state index in [0.717, 1.165) is 43.3 Å². The Morgan fingerprint density at radius 2 is 1.91 bits per heavy atom. The number of thioether (sulfide) groups is 1. The fourth-order valence-electron chi connectivity index (χ4n) is 3.76. The van der Waals surface area contributed by atoms with Gasteiger partial charge in [0.05, 0.1) is 16.5 Å². The second-order valence-electron chi connectivity index (χ2n) is 8.60. The van der Waals surface area contributed by atoms with Gasteiger partial charge in [-0.05, 0) is 76.7 Å². The molecule has 2 N–H and O–H groups in total. The monoisotopic (exact) mass is 538 g/mol. The van der Waals surface area contributed by atoms with E-state index in [0.29, 0.717) is 24.3 Å². The molecule has 0 saturated carbocycles. The summed E-state index contributed by atoms with van der Waals surface area (Å²) in [6.07, 6.45) is 2.70. The van der Waals surface area contributed by atoms with Crippen molar-refractivity contribution in [1.29, 1.82) is 0 Å². The van der Waals surface area contributed by atoms with Gasteiger partial charge in [-0.25, -0.2) is 0 Å². The summed E-state index contributed by atoms with van der Waals surface area (Å²) in [6, 6.07) is 10.8. The van der Waals surface area contributed by atoms with Crippen LogP contribution in [0, 0.1) is 6.92 Å². The highest BCUT2D eigenvalue weighted by molar-refractivity contribution is 8.14. The molecule has 1 aliphatic rings. The number of benzene rings is 2. The molecule has 2 aromatic carbocycles. The van der Waals surface area contributed by atoms with Crippen molar-refractivity contribution in [1.82, 2.24) is 10.2 Å². The number of hydrogen-bond donors (Lipinski definition) is 2. The Kier molecular flexibility index (Phi) is 11.4.